The molecule has 0 bridgehead atoms. The molecule has 1 saturated heterocycles. The molecule has 128 valence electrons. The van der Waals surface area contributed by atoms with Crippen LogP contribution in [0.1, 0.15) is 45.4 Å². The maximum absolute atomic E-state index is 12.2. The van der Waals surface area contributed by atoms with E-state index in [1.54, 1.807) is 4.90 Å². The van der Waals surface area contributed by atoms with Gasteiger partial charge in [-0.25, -0.2) is 0 Å². The molecular formula is C15H23N3O4S. The number of thiocarbonyl (C=S) groups is 1. The Balaban J connectivity index is 1.95. The molecule has 1 atom stereocenters. The fourth-order valence-corrected chi connectivity index (χ4v) is 3.32. The number of carbonyl (C=O) groups is 3. The molecule has 0 spiro atoms. The van der Waals surface area contributed by atoms with Crippen LogP contribution in [-0.2, 0) is 19.1 Å². The molecule has 2 rings (SSSR count). The van der Waals surface area contributed by atoms with Gasteiger partial charge in [-0.2, -0.15) is 0 Å². The average Bonchev–Trinajstić information content (AvgIpc) is 2.49. The highest BCUT2D eigenvalue weighted by Crippen LogP contribution is 2.21. The minimum absolute atomic E-state index is 0.0429. The fourth-order valence-electron chi connectivity index (χ4n) is 2.96. The number of amides is 2. The summed E-state index contributed by atoms with van der Waals surface area (Å²) in [5.74, 6) is -0.969. The van der Waals surface area contributed by atoms with Crippen molar-refractivity contribution in [1.82, 2.24) is 15.5 Å². The number of nitrogens with one attached hydrogen (secondary N) is 2. The van der Waals surface area contributed by atoms with Crippen LogP contribution in [0.5, 0.6) is 0 Å². The highest BCUT2D eigenvalue weighted by atomic mass is 32.1. The molecule has 2 aliphatic rings. The number of nitrogens with zero attached hydrogens (tertiary/aromatic N) is 1. The zero-order valence-electron chi connectivity index (χ0n) is 13.3. The Morgan fingerprint density at radius 1 is 1.35 bits per heavy atom. The van der Waals surface area contributed by atoms with E-state index in [9.17, 15) is 14.4 Å². The van der Waals surface area contributed by atoms with Crippen LogP contribution in [0.15, 0.2) is 0 Å². The van der Waals surface area contributed by atoms with Crippen LogP contribution in [0, 0.1) is 0 Å². The number of ether oxygens (including phenoxy) is 1. The second-order valence-corrected chi connectivity index (χ2v) is 6.33. The molecule has 8 heteroatoms. The maximum Gasteiger partial charge on any atom is 0.308 e. The largest absolute Gasteiger partial charge is 0.462 e. The number of piperazine rings is 1. The van der Waals surface area contributed by atoms with E-state index < -0.39 is 12.0 Å². The number of hydrogen-bond donors (Lipinski definition) is 2. The first-order valence-corrected chi connectivity index (χ1v) is 8.43. The van der Waals surface area contributed by atoms with Gasteiger partial charge in [0.1, 0.15) is 12.1 Å². The number of esters is 1. The third-order valence-corrected chi connectivity index (χ3v) is 4.42. The van der Waals surface area contributed by atoms with Gasteiger partial charge in [0.05, 0.1) is 6.42 Å². The van der Waals surface area contributed by atoms with Crippen molar-refractivity contribution >= 4 is 35.1 Å². The molecule has 0 aromatic carbocycles. The normalized spacial score (nSPS) is 22.2. The molecule has 0 aromatic rings. The Bertz CT molecular complexity index is 491. The van der Waals surface area contributed by atoms with Crippen molar-refractivity contribution in [3.8, 4) is 0 Å². The van der Waals surface area contributed by atoms with Crippen molar-refractivity contribution in [2.45, 2.75) is 57.6 Å². The van der Waals surface area contributed by atoms with Crippen molar-refractivity contribution in [2.24, 2.45) is 0 Å². The van der Waals surface area contributed by atoms with Gasteiger partial charge in [0.15, 0.2) is 5.11 Å². The van der Waals surface area contributed by atoms with Gasteiger partial charge in [-0.3, -0.25) is 14.4 Å². The third-order valence-electron chi connectivity index (χ3n) is 4.08. The van der Waals surface area contributed by atoms with Crippen LogP contribution in [0.4, 0.5) is 0 Å². The fraction of sp³-hybridized carbons (Fsp3) is 0.733. The van der Waals surface area contributed by atoms with Crippen molar-refractivity contribution in [3.05, 3.63) is 0 Å². The van der Waals surface area contributed by atoms with Gasteiger partial charge >= 0.3 is 5.97 Å². The predicted molar refractivity (Wildman–Crippen MR) is 87.5 cm³/mol. The van der Waals surface area contributed by atoms with Gasteiger partial charge in [0.2, 0.25) is 11.8 Å². The molecule has 0 aromatic heterocycles. The second-order valence-electron chi connectivity index (χ2n) is 5.94. The van der Waals surface area contributed by atoms with E-state index in [4.69, 9.17) is 17.0 Å². The minimum atomic E-state index is -0.737. The van der Waals surface area contributed by atoms with E-state index in [0.29, 0.717) is 13.1 Å². The lowest BCUT2D eigenvalue weighted by molar-refractivity contribution is -0.153. The van der Waals surface area contributed by atoms with E-state index in [1.165, 1.54) is 13.3 Å². The zero-order chi connectivity index (χ0) is 16.8. The van der Waals surface area contributed by atoms with E-state index in [-0.39, 0.29) is 29.5 Å². The van der Waals surface area contributed by atoms with Crippen molar-refractivity contribution in [1.29, 1.82) is 0 Å². The molecule has 1 aliphatic carbocycles. The van der Waals surface area contributed by atoms with Crippen molar-refractivity contribution < 1.29 is 19.1 Å². The topological polar surface area (TPSA) is 87.7 Å². The highest BCUT2D eigenvalue weighted by molar-refractivity contribution is 7.80. The molecule has 1 saturated carbocycles. The van der Waals surface area contributed by atoms with Gasteiger partial charge in [0, 0.05) is 20.0 Å². The van der Waals surface area contributed by atoms with Crippen molar-refractivity contribution in [2.75, 3.05) is 13.1 Å². The minimum Gasteiger partial charge on any atom is -0.462 e. The van der Waals surface area contributed by atoms with E-state index >= 15 is 0 Å². The Morgan fingerprint density at radius 2 is 2.04 bits per heavy atom. The Kier molecular flexibility index (Phi) is 6.32. The number of carbonyl (C=O) groups excluding carboxylic acids is 3. The molecule has 2 amide bonds. The quantitative estimate of drug-likeness (QED) is 0.573. The molecule has 23 heavy (non-hydrogen) atoms. The lowest BCUT2D eigenvalue weighted by Crippen LogP contribution is -2.60. The molecule has 2 N–H and O–H groups in total. The monoisotopic (exact) mass is 341 g/mol. The molecular weight excluding hydrogens is 318 g/mol. The Morgan fingerprint density at radius 3 is 2.70 bits per heavy atom. The maximum atomic E-state index is 12.2. The molecule has 7 nitrogen and oxygen atoms in total. The van der Waals surface area contributed by atoms with Crippen molar-refractivity contribution in [3.63, 3.8) is 0 Å². The first-order chi connectivity index (χ1) is 11.0. The van der Waals surface area contributed by atoms with Gasteiger partial charge in [-0.1, -0.05) is 6.42 Å². The second kappa shape index (κ2) is 8.24. The summed E-state index contributed by atoms with van der Waals surface area (Å²) in [6.45, 7) is 2.22. The Labute approximate surface area is 141 Å². The van der Waals surface area contributed by atoms with E-state index in [0.717, 1.165) is 25.7 Å². The number of hydrogen-bond acceptors (Lipinski definition) is 5. The Hall–Kier alpha value is -1.70. The lowest BCUT2D eigenvalue weighted by atomic mass is 9.98. The van der Waals surface area contributed by atoms with Crippen LogP contribution in [0.25, 0.3) is 0 Å². The summed E-state index contributed by atoms with van der Waals surface area (Å²) < 4.78 is 5.48. The van der Waals surface area contributed by atoms with Gasteiger partial charge in [-0.15, -0.1) is 0 Å². The molecule has 1 heterocycles. The summed E-state index contributed by atoms with van der Waals surface area (Å²) in [6.07, 6.45) is 4.98. The van der Waals surface area contributed by atoms with Gasteiger partial charge in [0.25, 0.3) is 0 Å². The van der Waals surface area contributed by atoms with Crippen LogP contribution in [-0.4, -0.2) is 53.0 Å². The van der Waals surface area contributed by atoms with Crippen LogP contribution >= 0.6 is 12.2 Å². The summed E-state index contributed by atoms with van der Waals surface area (Å²) in [5, 5.41) is 5.39. The van der Waals surface area contributed by atoms with Gasteiger partial charge in [-0.05, 0) is 37.9 Å². The molecule has 0 radical (unpaired) electrons. The smallest absolute Gasteiger partial charge is 0.308 e. The first-order valence-electron chi connectivity index (χ1n) is 8.02. The molecule has 2 fully saturated rings. The summed E-state index contributed by atoms with van der Waals surface area (Å²) in [4.78, 5) is 37.0. The van der Waals surface area contributed by atoms with Gasteiger partial charge < -0.3 is 20.3 Å². The van der Waals surface area contributed by atoms with E-state index in [1.807, 2.05) is 0 Å². The van der Waals surface area contributed by atoms with Crippen LogP contribution in [0.2, 0.25) is 0 Å². The first kappa shape index (κ1) is 17.7. The molecule has 1 unspecified atom stereocenters. The van der Waals surface area contributed by atoms with Crippen LogP contribution < -0.4 is 10.6 Å². The summed E-state index contributed by atoms with van der Waals surface area (Å²) in [5.41, 5.74) is 0. The zero-order valence-corrected chi connectivity index (χ0v) is 14.1. The summed E-state index contributed by atoms with van der Waals surface area (Å²) >= 11 is 5.16. The lowest BCUT2D eigenvalue weighted by Gasteiger charge is -2.36. The summed E-state index contributed by atoms with van der Waals surface area (Å²) in [7, 11) is 0. The van der Waals surface area contributed by atoms with E-state index in [2.05, 4.69) is 10.6 Å². The average molecular weight is 341 g/mol. The van der Waals surface area contributed by atoms with Crippen LogP contribution in [0.3, 0.4) is 0 Å². The molecule has 1 aliphatic heterocycles. The standard InChI is InChI=1S/C15H23N3O4S/c1-10(19)17-15(23)18-8-7-16-14(21)12(18)9-13(20)22-11-5-3-2-4-6-11/h11-12H,2-9H2,1H3,(H,16,21)(H,17,19,23). The third kappa shape index (κ3) is 5.16. The number of rotatable bonds is 3. The predicted octanol–water partition coefficient (Wildman–Crippen LogP) is 0.474. The summed E-state index contributed by atoms with van der Waals surface area (Å²) in [6, 6.07) is -0.737. The highest BCUT2D eigenvalue weighted by Gasteiger charge is 2.34. The SMILES string of the molecule is CC(=O)NC(=S)N1CCNC(=O)C1CC(=O)OC1CCCCC1.